The van der Waals surface area contributed by atoms with Crippen LogP contribution in [0, 0.1) is 5.41 Å². The molecule has 17 heavy (non-hydrogen) atoms. The molecule has 0 aliphatic rings. The normalized spacial score (nSPS) is 14.7. The van der Waals surface area contributed by atoms with Crippen LogP contribution in [0.2, 0.25) is 0 Å². The zero-order chi connectivity index (χ0) is 13.1. The molecular formula is C15H23NO. The van der Waals surface area contributed by atoms with E-state index in [1.54, 1.807) is 0 Å². The average Bonchev–Trinajstić information content (AvgIpc) is 2.37. The molecule has 0 amide bonds. The van der Waals surface area contributed by atoms with Gasteiger partial charge in [-0.2, -0.15) is 0 Å². The smallest absolute Gasteiger partial charge is 0.169 e. The Bertz CT molecular complexity index is 374. The van der Waals surface area contributed by atoms with Gasteiger partial charge in [0.25, 0.3) is 0 Å². The highest BCUT2D eigenvalue weighted by Crippen LogP contribution is 2.26. The minimum Gasteiger partial charge on any atom is -0.329 e. The number of benzene rings is 1. The zero-order valence-electron chi connectivity index (χ0n) is 11.3. The maximum absolute atomic E-state index is 12.3. The second-order valence-electron chi connectivity index (χ2n) is 5.22. The van der Waals surface area contributed by atoms with Gasteiger partial charge in [0.2, 0.25) is 0 Å². The Hall–Kier alpha value is -1.15. The third-order valence-electron chi connectivity index (χ3n) is 3.62. The molecule has 1 atom stereocenters. The number of rotatable bonds is 5. The van der Waals surface area contributed by atoms with Gasteiger partial charge in [0.05, 0.1) is 0 Å². The Labute approximate surface area is 104 Å². The van der Waals surface area contributed by atoms with Crippen LogP contribution in [0.4, 0.5) is 0 Å². The Morgan fingerprint density at radius 2 is 1.82 bits per heavy atom. The Kier molecular flexibility index (Phi) is 4.47. The third kappa shape index (κ3) is 2.95. The highest BCUT2D eigenvalue weighted by atomic mass is 16.1. The van der Waals surface area contributed by atoms with E-state index in [9.17, 15) is 4.79 Å². The molecule has 2 heteroatoms. The maximum Gasteiger partial charge on any atom is 0.169 e. The molecule has 0 aliphatic carbocycles. The quantitative estimate of drug-likeness (QED) is 0.792. The van der Waals surface area contributed by atoms with Crippen LogP contribution in [-0.2, 0) is 0 Å². The van der Waals surface area contributed by atoms with Gasteiger partial charge < -0.3 is 5.73 Å². The van der Waals surface area contributed by atoms with Gasteiger partial charge in [0, 0.05) is 17.5 Å². The van der Waals surface area contributed by atoms with Crippen LogP contribution in [0.3, 0.4) is 0 Å². The fraction of sp³-hybridized carbons (Fsp3) is 0.533. The van der Waals surface area contributed by atoms with E-state index in [-0.39, 0.29) is 5.78 Å². The van der Waals surface area contributed by atoms with Crippen LogP contribution >= 0.6 is 0 Å². The Balaban J connectivity index is 2.97. The molecule has 0 saturated carbocycles. The first-order valence-corrected chi connectivity index (χ1v) is 6.29. The standard InChI is InChI=1S/C15H23NO/c1-5-15(4,10-16)14(17)13-8-6-12(7-9-13)11(2)3/h6-9,11H,5,10,16H2,1-4H3. The van der Waals surface area contributed by atoms with Crippen molar-refractivity contribution in [3.63, 3.8) is 0 Å². The lowest BCUT2D eigenvalue weighted by molar-refractivity contribution is 0.0820. The summed E-state index contributed by atoms with van der Waals surface area (Å²) in [6.45, 7) is 8.63. The van der Waals surface area contributed by atoms with Gasteiger partial charge in [-0.25, -0.2) is 0 Å². The Morgan fingerprint density at radius 1 is 1.29 bits per heavy atom. The summed E-state index contributed by atoms with van der Waals surface area (Å²) in [5.41, 5.74) is 7.31. The second-order valence-corrected chi connectivity index (χ2v) is 5.22. The number of carbonyl (C=O) groups is 1. The Morgan fingerprint density at radius 3 is 2.18 bits per heavy atom. The summed E-state index contributed by atoms with van der Waals surface area (Å²) < 4.78 is 0. The molecule has 0 saturated heterocycles. The van der Waals surface area contributed by atoms with Gasteiger partial charge >= 0.3 is 0 Å². The molecule has 0 bridgehead atoms. The summed E-state index contributed by atoms with van der Waals surface area (Å²) in [5, 5.41) is 0. The van der Waals surface area contributed by atoms with Gasteiger partial charge in [0.15, 0.2) is 5.78 Å². The van der Waals surface area contributed by atoms with Crippen LogP contribution in [-0.4, -0.2) is 12.3 Å². The number of carbonyl (C=O) groups excluding carboxylic acids is 1. The van der Waals surface area contributed by atoms with E-state index in [0.29, 0.717) is 12.5 Å². The molecule has 0 radical (unpaired) electrons. The number of ketones is 1. The van der Waals surface area contributed by atoms with E-state index < -0.39 is 5.41 Å². The molecule has 1 aromatic carbocycles. The summed E-state index contributed by atoms with van der Waals surface area (Å²) in [4.78, 5) is 12.3. The summed E-state index contributed by atoms with van der Waals surface area (Å²) in [6, 6.07) is 7.90. The van der Waals surface area contributed by atoms with E-state index in [1.807, 2.05) is 38.1 Å². The molecule has 0 aromatic heterocycles. The monoisotopic (exact) mass is 233 g/mol. The number of hydrogen-bond acceptors (Lipinski definition) is 2. The molecule has 94 valence electrons. The van der Waals surface area contributed by atoms with Crippen molar-refractivity contribution in [3.05, 3.63) is 35.4 Å². The van der Waals surface area contributed by atoms with Crippen molar-refractivity contribution in [1.29, 1.82) is 0 Å². The van der Waals surface area contributed by atoms with Crippen molar-refractivity contribution in [2.45, 2.75) is 40.0 Å². The molecule has 2 nitrogen and oxygen atoms in total. The SMILES string of the molecule is CCC(C)(CN)C(=O)c1ccc(C(C)C)cc1. The fourth-order valence-electron chi connectivity index (χ4n) is 1.77. The average molecular weight is 233 g/mol. The van der Waals surface area contributed by atoms with Gasteiger partial charge in [-0.3, -0.25) is 4.79 Å². The number of nitrogens with two attached hydrogens (primary N) is 1. The van der Waals surface area contributed by atoms with E-state index >= 15 is 0 Å². The van der Waals surface area contributed by atoms with Crippen molar-refractivity contribution >= 4 is 5.78 Å². The van der Waals surface area contributed by atoms with E-state index in [0.717, 1.165) is 12.0 Å². The highest BCUT2D eigenvalue weighted by molar-refractivity contribution is 6.00. The summed E-state index contributed by atoms with van der Waals surface area (Å²) in [5.74, 6) is 0.643. The largest absolute Gasteiger partial charge is 0.329 e. The minimum absolute atomic E-state index is 0.151. The van der Waals surface area contributed by atoms with E-state index in [1.165, 1.54) is 5.56 Å². The molecule has 1 rings (SSSR count). The zero-order valence-corrected chi connectivity index (χ0v) is 11.3. The molecule has 0 aliphatic heterocycles. The predicted octanol–water partition coefficient (Wildman–Crippen LogP) is 3.37. The molecule has 0 spiro atoms. The van der Waals surface area contributed by atoms with Gasteiger partial charge in [0.1, 0.15) is 0 Å². The van der Waals surface area contributed by atoms with Crippen LogP contribution in [0.5, 0.6) is 0 Å². The van der Waals surface area contributed by atoms with E-state index in [4.69, 9.17) is 5.73 Å². The lowest BCUT2D eigenvalue weighted by Gasteiger charge is -2.24. The van der Waals surface area contributed by atoms with Crippen molar-refractivity contribution in [1.82, 2.24) is 0 Å². The van der Waals surface area contributed by atoms with Crippen molar-refractivity contribution in [3.8, 4) is 0 Å². The molecular weight excluding hydrogens is 210 g/mol. The molecule has 1 unspecified atom stereocenters. The first kappa shape index (κ1) is 13.9. The van der Waals surface area contributed by atoms with Gasteiger partial charge in [-0.05, 0) is 17.9 Å². The molecule has 0 fully saturated rings. The van der Waals surface area contributed by atoms with Crippen molar-refractivity contribution in [2.24, 2.45) is 11.1 Å². The summed E-state index contributed by atoms with van der Waals surface area (Å²) >= 11 is 0. The molecule has 1 aromatic rings. The lowest BCUT2D eigenvalue weighted by Crippen LogP contribution is -2.35. The summed E-state index contributed by atoms with van der Waals surface area (Å²) in [6.07, 6.45) is 0.772. The van der Waals surface area contributed by atoms with Crippen LogP contribution in [0.15, 0.2) is 24.3 Å². The number of Topliss-reactive ketones (excluding diaryl/α,β-unsaturated/α-hetero) is 1. The number of hydrogen-bond donors (Lipinski definition) is 1. The fourth-order valence-corrected chi connectivity index (χ4v) is 1.77. The van der Waals surface area contributed by atoms with Gasteiger partial charge in [-0.15, -0.1) is 0 Å². The minimum atomic E-state index is -0.431. The van der Waals surface area contributed by atoms with Crippen LogP contribution in [0.25, 0.3) is 0 Å². The van der Waals surface area contributed by atoms with Crippen molar-refractivity contribution < 1.29 is 4.79 Å². The van der Waals surface area contributed by atoms with Crippen molar-refractivity contribution in [2.75, 3.05) is 6.54 Å². The second kappa shape index (κ2) is 5.46. The van der Waals surface area contributed by atoms with Crippen LogP contribution < -0.4 is 5.73 Å². The first-order valence-electron chi connectivity index (χ1n) is 6.29. The van der Waals surface area contributed by atoms with Crippen LogP contribution in [0.1, 0.15) is 56.0 Å². The predicted molar refractivity (Wildman–Crippen MR) is 72.3 cm³/mol. The first-order chi connectivity index (χ1) is 7.94. The molecule has 0 heterocycles. The third-order valence-corrected chi connectivity index (χ3v) is 3.62. The molecule has 2 N–H and O–H groups in total. The van der Waals surface area contributed by atoms with Gasteiger partial charge in [-0.1, -0.05) is 52.0 Å². The topological polar surface area (TPSA) is 43.1 Å². The maximum atomic E-state index is 12.3. The van der Waals surface area contributed by atoms with E-state index in [2.05, 4.69) is 13.8 Å². The highest BCUT2D eigenvalue weighted by Gasteiger charge is 2.30. The lowest BCUT2D eigenvalue weighted by atomic mass is 9.80. The summed E-state index contributed by atoms with van der Waals surface area (Å²) in [7, 11) is 0.